The summed E-state index contributed by atoms with van der Waals surface area (Å²) >= 11 is 2.30. The molecule has 3 aromatic rings. The van der Waals surface area contributed by atoms with Gasteiger partial charge < -0.3 is 10.6 Å². The number of rotatable bonds is 2. The van der Waals surface area contributed by atoms with Gasteiger partial charge in [0.05, 0.1) is 5.69 Å². The Labute approximate surface area is 154 Å². The molecule has 4 rings (SSSR count). The molecule has 1 aliphatic rings. The average Bonchev–Trinajstić information content (AvgIpc) is 3.01. The van der Waals surface area contributed by atoms with Crippen molar-refractivity contribution >= 4 is 62.8 Å². The Morgan fingerprint density at radius 1 is 1.00 bits per heavy atom. The van der Waals surface area contributed by atoms with E-state index >= 15 is 0 Å². The van der Waals surface area contributed by atoms with Crippen molar-refractivity contribution in [1.29, 1.82) is 0 Å². The molecule has 3 aromatic carbocycles. The van der Waals surface area contributed by atoms with Crippen molar-refractivity contribution < 1.29 is 0 Å². The van der Waals surface area contributed by atoms with Crippen LogP contribution < -0.4 is 10.6 Å². The summed E-state index contributed by atoms with van der Waals surface area (Å²) in [4.78, 5) is 6.60. The molecule has 0 saturated heterocycles. The van der Waals surface area contributed by atoms with Gasteiger partial charge in [-0.2, -0.15) is 0 Å². The molecular weight excluding hydrogens is 409 g/mol. The topological polar surface area (TPSA) is 41.6 Å². The molecule has 0 bridgehead atoms. The maximum absolute atomic E-state index is 6.27. The molecule has 0 amide bonds. The second kappa shape index (κ2) is 5.94. The molecule has 0 unspecified atom stereocenters. The monoisotopic (exact) mass is 425 g/mol. The van der Waals surface area contributed by atoms with Crippen LogP contribution in [-0.2, 0) is 0 Å². The Morgan fingerprint density at radius 3 is 2.54 bits per heavy atom. The highest BCUT2D eigenvalue weighted by Gasteiger charge is 2.12. The van der Waals surface area contributed by atoms with Crippen molar-refractivity contribution in [1.82, 2.24) is 0 Å². The molecule has 0 aromatic heterocycles. The van der Waals surface area contributed by atoms with Crippen molar-refractivity contribution in [2.45, 2.75) is 0 Å². The number of nitrogens with zero attached hydrogens (tertiary/aromatic N) is 2. The van der Waals surface area contributed by atoms with E-state index in [1.54, 1.807) is 0 Å². The zero-order valence-electron chi connectivity index (χ0n) is 13.2. The van der Waals surface area contributed by atoms with E-state index in [0.29, 0.717) is 5.96 Å². The number of aliphatic imine (C=N–C) groups is 1. The molecular formula is C20H16IN3. The number of hydrogen-bond acceptors (Lipinski definition) is 1. The lowest BCUT2D eigenvalue weighted by Gasteiger charge is -2.18. The minimum atomic E-state index is 0.476. The number of guanidine groups is 1. The van der Waals surface area contributed by atoms with Gasteiger partial charge in [-0.3, -0.25) is 0 Å². The van der Waals surface area contributed by atoms with Gasteiger partial charge in [-0.1, -0.05) is 42.5 Å². The second-order valence-electron chi connectivity index (χ2n) is 5.79. The molecule has 0 radical (unpaired) electrons. The lowest BCUT2D eigenvalue weighted by Crippen LogP contribution is -2.33. The van der Waals surface area contributed by atoms with E-state index in [4.69, 9.17) is 10.7 Å². The van der Waals surface area contributed by atoms with Crippen LogP contribution in [0.3, 0.4) is 0 Å². The van der Waals surface area contributed by atoms with E-state index in [2.05, 4.69) is 71.1 Å². The van der Waals surface area contributed by atoms with Gasteiger partial charge in [-0.05, 0) is 63.4 Å². The first kappa shape index (κ1) is 15.2. The number of halogens is 1. The van der Waals surface area contributed by atoms with Gasteiger partial charge in [0.1, 0.15) is 0 Å². The molecule has 0 spiro atoms. The molecule has 2 N–H and O–H groups in total. The third-order valence-corrected chi connectivity index (χ3v) is 4.97. The van der Waals surface area contributed by atoms with Gasteiger partial charge in [0, 0.05) is 21.7 Å². The highest BCUT2D eigenvalue weighted by molar-refractivity contribution is 14.1. The molecule has 3 nitrogen and oxygen atoms in total. The molecule has 24 heavy (non-hydrogen) atoms. The summed E-state index contributed by atoms with van der Waals surface area (Å²) in [7, 11) is 1.94. The first-order chi connectivity index (χ1) is 11.6. The van der Waals surface area contributed by atoms with Gasteiger partial charge >= 0.3 is 0 Å². The van der Waals surface area contributed by atoms with E-state index in [1.165, 1.54) is 20.1 Å². The van der Waals surface area contributed by atoms with Crippen LogP contribution >= 0.6 is 22.6 Å². The summed E-state index contributed by atoms with van der Waals surface area (Å²) in [6, 6.07) is 18.6. The Morgan fingerprint density at radius 2 is 1.75 bits per heavy atom. The molecule has 0 heterocycles. The van der Waals surface area contributed by atoms with Crippen LogP contribution in [-0.4, -0.2) is 13.0 Å². The molecule has 0 atom stereocenters. The van der Waals surface area contributed by atoms with Crippen LogP contribution in [0.2, 0.25) is 0 Å². The van der Waals surface area contributed by atoms with Crippen molar-refractivity contribution in [2.24, 2.45) is 10.7 Å². The predicted molar refractivity (Wildman–Crippen MR) is 112 cm³/mol. The summed E-state index contributed by atoms with van der Waals surface area (Å²) in [5, 5.41) is 2.39. The minimum Gasteiger partial charge on any atom is -0.369 e. The van der Waals surface area contributed by atoms with Crippen LogP contribution in [0.5, 0.6) is 0 Å². The normalized spacial score (nSPS) is 12.8. The zero-order chi connectivity index (χ0) is 16.7. The smallest absolute Gasteiger partial charge is 0.200 e. The van der Waals surface area contributed by atoms with Crippen LogP contribution in [0.1, 0.15) is 11.1 Å². The van der Waals surface area contributed by atoms with Gasteiger partial charge in [0.2, 0.25) is 5.96 Å². The number of anilines is 1. The molecule has 0 saturated carbocycles. The number of hydrogen-bond donors (Lipinski definition) is 1. The van der Waals surface area contributed by atoms with Crippen LogP contribution in [0.4, 0.5) is 11.4 Å². The lowest BCUT2D eigenvalue weighted by atomic mass is 10.0. The third kappa shape index (κ3) is 2.57. The molecule has 0 fully saturated rings. The molecule has 1 aliphatic carbocycles. The highest BCUT2D eigenvalue weighted by Crippen LogP contribution is 2.36. The van der Waals surface area contributed by atoms with Crippen molar-refractivity contribution in [3.63, 3.8) is 0 Å². The van der Waals surface area contributed by atoms with Crippen LogP contribution in [0.25, 0.3) is 22.9 Å². The molecule has 0 aliphatic heterocycles. The SMILES string of the molecule is CN(C(N)=Nc1ccc2c3c(cccc13)C=C2)c1cccc(I)c1. The third-order valence-electron chi connectivity index (χ3n) is 4.30. The van der Waals surface area contributed by atoms with Gasteiger partial charge in [0.25, 0.3) is 0 Å². The first-order valence-electron chi connectivity index (χ1n) is 7.71. The molecule has 4 heteroatoms. The Hall–Kier alpha value is -2.34. The van der Waals surface area contributed by atoms with Crippen LogP contribution in [0, 0.1) is 3.57 Å². The summed E-state index contributed by atoms with van der Waals surface area (Å²) in [5.74, 6) is 0.476. The fourth-order valence-corrected chi connectivity index (χ4v) is 3.54. The van der Waals surface area contributed by atoms with E-state index < -0.39 is 0 Å². The van der Waals surface area contributed by atoms with Gasteiger partial charge in [0.15, 0.2) is 0 Å². The average molecular weight is 425 g/mol. The fourth-order valence-electron chi connectivity index (χ4n) is 3.02. The summed E-state index contributed by atoms with van der Waals surface area (Å²) in [6.45, 7) is 0. The largest absolute Gasteiger partial charge is 0.369 e. The van der Waals surface area contributed by atoms with E-state index in [0.717, 1.165) is 16.8 Å². The van der Waals surface area contributed by atoms with Crippen molar-refractivity contribution in [3.8, 4) is 0 Å². The van der Waals surface area contributed by atoms with E-state index in [9.17, 15) is 0 Å². The standard InChI is InChI=1S/C20H16IN3/c1-24(16-6-3-5-15(21)12-16)20(22)23-18-11-10-14-9-8-13-4-2-7-17(18)19(13)14/h2-12H,1H3,(H2,22,23). The predicted octanol–water partition coefficient (Wildman–Crippen LogP) is 5.01. The number of nitrogens with two attached hydrogens (primary N) is 1. The Kier molecular flexibility index (Phi) is 3.76. The molecule has 118 valence electrons. The van der Waals surface area contributed by atoms with Crippen molar-refractivity contribution in [3.05, 3.63) is 69.3 Å². The quantitative estimate of drug-likeness (QED) is 0.279. The summed E-state index contributed by atoms with van der Waals surface area (Å²) in [6.07, 6.45) is 4.29. The van der Waals surface area contributed by atoms with E-state index in [-0.39, 0.29) is 0 Å². The maximum atomic E-state index is 6.27. The minimum absolute atomic E-state index is 0.476. The highest BCUT2D eigenvalue weighted by atomic mass is 127. The van der Waals surface area contributed by atoms with Gasteiger partial charge in [-0.15, -0.1) is 0 Å². The van der Waals surface area contributed by atoms with Gasteiger partial charge in [-0.25, -0.2) is 4.99 Å². The Bertz CT molecular complexity index is 993. The fraction of sp³-hybridized carbons (Fsp3) is 0.0500. The van der Waals surface area contributed by atoms with Crippen LogP contribution in [0.15, 0.2) is 59.6 Å². The lowest BCUT2D eigenvalue weighted by molar-refractivity contribution is 1.22. The summed E-state index contributed by atoms with van der Waals surface area (Å²) in [5.41, 5.74) is 10.7. The zero-order valence-corrected chi connectivity index (χ0v) is 15.4. The number of benzene rings is 3. The van der Waals surface area contributed by atoms with E-state index in [1.807, 2.05) is 30.1 Å². The second-order valence-corrected chi connectivity index (χ2v) is 7.03. The first-order valence-corrected chi connectivity index (χ1v) is 8.78. The summed E-state index contributed by atoms with van der Waals surface area (Å²) < 4.78 is 1.17. The maximum Gasteiger partial charge on any atom is 0.200 e. The van der Waals surface area contributed by atoms with Crippen molar-refractivity contribution in [2.75, 3.05) is 11.9 Å². The Balaban J connectivity index is 1.78.